The molecule has 1 aliphatic heterocycles. The van der Waals surface area contributed by atoms with Crippen LogP contribution in [-0.4, -0.2) is 58.2 Å². The summed E-state index contributed by atoms with van der Waals surface area (Å²) in [7, 11) is -4.01. The molecule has 0 saturated carbocycles. The number of ether oxygens (including phenoxy) is 1. The molecule has 2 atom stereocenters. The van der Waals surface area contributed by atoms with Crippen molar-refractivity contribution >= 4 is 36.3 Å². The number of aromatic hydroxyl groups is 1. The summed E-state index contributed by atoms with van der Waals surface area (Å²) in [4.78, 5) is 45.1. The van der Waals surface area contributed by atoms with E-state index in [2.05, 4.69) is 10.3 Å². The number of pyridine rings is 1. The number of nitrogens with zero attached hydrogens (tertiary/aromatic N) is 2. The molecule has 234 valence electrons. The number of nitrogens with one attached hydrogen (secondary N) is 1. The molecule has 2 amide bonds. The molecule has 2 heterocycles. The minimum atomic E-state index is -4.01. The average molecular weight is 636 g/mol. The lowest BCUT2D eigenvalue weighted by Crippen LogP contribution is -2.30. The van der Waals surface area contributed by atoms with E-state index in [1.807, 2.05) is 0 Å². The van der Waals surface area contributed by atoms with Gasteiger partial charge in [-0.15, -0.1) is 0 Å². The largest absolute Gasteiger partial charge is 0.505 e. The Balaban J connectivity index is 1.40. The lowest BCUT2D eigenvalue weighted by molar-refractivity contribution is -0.150. The Hall–Kier alpha value is -4.80. The number of hydrogen-bond acceptors (Lipinski definition) is 9. The van der Waals surface area contributed by atoms with Gasteiger partial charge < -0.3 is 24.6 Å². The summed E-state index contributed by atoms with van der Waals surface area (Å²) in [6.07, 6.45) is -0.0714. The van der Waals surface area contributed by atoms with E-state index >= 15 is 0 Å². The Morgan fingerprint density at radius 1 is 1.11 bits per heavy atom. The van der Waals surface area contributed by atoms with Gasteiger partial charge in [-0.3, -0.25) is 19.1 Å². The molecular formula is C32H31FN3O8P. The fourth-order valence-electron chi connectivity index (χ4n) is 5.05. The van der Waals surface area contributed by atoms with Crippen LogP contribution in [0.1, 0.15) is 45.7 Å². The summed E-state index contributed by atoms with van der Waals surface area (Å²) in [5.41, 5.74) is 1.12. The lowest BCUT2D eigenvalue weighted by Gasteiger charge is -2.22. The van der Waals surface area contributed by atoms with Gasteiger partial charge in [0.2, 0.25) is 0 Å². The second-order valence-corrected chi connectivity index (χ2v) is 12.3. The third kappa shape index (κ3) is 6.97. The number of carbonyl (C=O) groups excluding carboxylic acids is 3. The Morgan fingerprint density at radius 3 is 2.56 bits per heavy atom. The van der Waals surface area contributed by atoms with Crippen molar-refractivity contribution in [1.82, 2.24) is 15.2 Å². The number of carbonyl (C=O) groups is 3. The van der Waals surface area contributed by atoms with Gasteiger partial charge in [0.25, 0.3) is 11.8 Å². The number of hydrogen-bond donors (Lipinski definition) is 2. The molecule has 1 aromatic heterocycles. The van der Waals surface area contributed by atoms with Crippen LogP contribution in [0, 0.1) is 5.82 Å². The number of rotatable bonds is 12. The van der Waals surface area contributed by atoms with Gasteiger partial charge >= 0.3 is 13.6 Å². The number of halogens is 1. The van der Waals surface area contributed by atoms with Crippen molar-refractivity contribution in [3.63, 3.8) is 0 Å². The number of fused-ring (bicyclic) bond motifs is 2. The van der Waals surface area contributed by atoms with Crippen LogP contribution in [0.4, 0.5) is 4.39 Å². The molecular weight excluding hydrogens is 604 g/mol. The van der Waals surface area contributed by atoms with Gasteiger partial charge in [0.05, 0.1) is 23.9 Å². The molecule has 0 fully saturated rings. The predicted molar refractivity (Wildman–Crippen MR) is 162 cm³/mol. The third-order valence-corrected chi connectivity index (χ3v) is 9.00. The zero-order chi connectivity index (χ0) is 32.1. The van der Waals surface area contributed by atoms with Crippen molar-refractivity contribution in [1.29, 1.82) is 0 Å². The molecule has 11 nitrogen and oxygen atoms in total. The summed E-state index contributed by atoms with van der Waals surface area (Å²) < 4.78 is 43.5. The van der Waals surface area contributed by atoms with Crippen molar-refractivity contribution in [2.45, 2.75) is 33.0 Å². The first-order valence-electron chi connectivity index (χ1n) is 14.2. The molecule has 3 aromatic carbocycles. The number of benzene rings is 3. The molecule has 4 aromatic rings. The second kappa shape index (κ2) is 13.5. The van der Waals surface area contributed by atoms with E-state index in [4.69, 9.17) is 13.8 Å². The van der Waals surface area contributed by atoms with E-state index in [0.29, 0.717) is 16.5 Å². The maximum absolute atomic E-state index is 13.8. The van der Waals surface area contributed by atoms with Crippen LogP contribution >= 0.6 is 7.60 Å². The lowest BCUT2D eigenvalue weighted by atomic mass is 9.96. The highest BCUT2D eigenvalue weighted by Gasteiger charge is 2.37. The van der Waals surface area contributed by atoms with E-state index in [-0.39, 0.29) is 60.5 Å². The van der Waals surface area contributed by atoms with Gasteiger partial charge in [0.15, 0.2) is 11.9 Å². The number of phenolic OH excluding ortho intramolecular Hbond substituents is 1. The summed E-state index contributed by atoms with van der Waals surface area (Å²) in [6, 6.07) is 17.2. The van der Waals surface area contributed by atoms with Crippen molar-refractivity contribution in [2.75, 3.05) is 19.3 Å². The van der Waals surface area contributed by atoms with Crippen LogP contribution in [0.2, 0.25) is 0 Å². The highest BCUT2D eigenvalue weighted by atomic mass is 31.2. The first kappa shape index (κ1) is 31.6. The molecule has 0 aliphatic carbocycles. The summed E-state index contributed by atoms with van der Waals surface area (Å²) in [6.45, 7) is 3.07. The fourth-order valence-corrected chi connectivity index (χ4v) is 6.69. The van der Waals surface area contributed by atoms with Crippen molar-refractivity contribution in [3.05, 3.63) is 101 Å². The van der Waals surface area contributed by atoms with Crippen LogP contribution in [0.5, 0.6) is 11.5 Å². The molecule has 5 rings (SSSR count). The Bertz CT molecular complexity index is 1790. The maximum Gasteiger partial charge on any atom is 0.381 e. The number of phenols is 1. The number of esters is 1. The minimum Gasteiger partial charge on any atom is -0.505 e. The Kier molecular flexibility index (Phi) is 9.45. The monoisotopic (exact) mass is 635 g/mol. The maximum atomic E-state index is 13.8. The first-order valence-corrected chi connectivity index (χ1v) is 16.0. The van der Waals surface area contributed by atoms with E-state index in [1.54, 1.807) is 61.5 Å². The van der Waals surface area contributed by atoms with Crippen LogP contribution in [-0.2, 0) is 31.7 Å². The van der Waals surface area contributed by atoms with Crippen LogP contribution in [0.25, 0.3) is 10.9 Å². The molecule has 1 aliphatic rings. The van der Waals surface area contributed by atoms with Crippen molar-refractivity contribution < 1.29 is 42.2 Å². The molecule has 2 N–H and O–H groups in total. The van der Waals surface area contributed by atoms with E-state index in [0.717, 1.165) is 0 Å². The molecule has 0 spiro atoms. The fraction of sp³-hybridized carbons (Fsp3) is 0.250. The molecule has 0 bridgehead atoms. The van der Waals surface area contributed by atoms with Crippen molar-refractivity contribution in [2.24, 2.45) is 0 Å². The highest BCUT2D eigenvalue weighted by molar-refractivity contribution is 7.54. The zero-order valence-electron chi connectivity index (χ0n) is 24.6. The number of para-hydroxylation sites is 1. The summed E-state index contributed by atoms with van der Waals surface area (Å²) in [5.74, 6) is -2.33. The normalized spacial score (nSPS) is 14.5. The van der Waals surface area contributed by atoms with Gasteiger partial charge in [0.1, 0.15) is 17.1 Å². The minimum absolute atomic E-state index is 0.00245. The number of amides is 2. The Morgan fingerprint density at radius 2 is 1.84 bits per heavy atom. The SMILES string of the molecule is CCOC(=O)C(C)OP(=O)(CCNC(=O)c1c2c(c(O)c3ncccc13)C(=O)N(Cc1ccc(F)cc1)C2)Oc1ccccc1. The number of aromatic nitrogens is 1. The van der Waals surface area contributed by atoms with Gasteiger partial charge in [0, 0.05) is 36.8 Å². The summed E-state index contributed by atoms with van der Waals surface area (Å²) in [5, 5.41) is 14.1. The average Bonchev–Trinajstić information content (AvgIpc) is 3.34. The first-order chi connectivity index (χ1) is 21.6. The van der Waals surface area contributed by atoms with Crippen LogP contribution < -0.4 is 9.84 Å². The molecule has 0 saturated heterocycles. The second-order valence-electron chi connectivity index (χ2n) is 10.3. The predicted octanol–water partition coefficient (Wildman–Crippen LogP) is 5.21. The molecule has 45 heavy (non-hydrogen) atoms. The van der Waals surface area contributed by atoms with E-state index < -0.39 is 37.3 Å². The Labute approximate surface area is 258 Å². The van der Waals surface area contributed by atoms with E-state index in [9.17, 15) is 28.4 Å². The smallest absolute Gasteiger partial charge is 0.381 e. The van der Waals surface area contributed by atoms with Crippen molar-refractivity contribution in [3.8, 4) is 11.5 Å². The van der Waals surface area contributed by atoms with E-state index in [1.165, 1.54) is 30.2 Å². The zero-order valence-corrected chi connectivity index (χ0v) is 25.5. The molecule has 13 heteroatoms. The van der Waals surface area contributed by atoms with Crippen LogP contribution in [0.15, 0.2) is 72.9 Å². The van der Waals surface area contributed by atoms with Crippen LogP contribution in [0.3, 0.4) is 0 Å². The van der Waals surface area contributed by atoms with Gasteiger partial charge in [-0.05, 0) is 49.7 Å². The molecule has 0 radical (unpaired) electrons. The van der Waals surface area contributed by atoms with Gasteiger partial charge in [-0.2, -0.15) is 0 Å². The topological polar surface area (TPSA) is 144 Å². The van der Waals surface area contributed by atoms with Gasteiger partial charge in [-0.25, -0.2) is 13.8 Å². The standard InChI is InChI=1S/C32H31FN3O8P/c1-3-42-32(40)20(2)43-45(41,44-23-8-5-4-6-9-23)17-16-35-30(38)26-24-10-7-15-34-28(24)29(37)27-25(26)19-36(31(27)39)18-21-11-13-22(33)14-12-21/h4-15,20,37H,3,16-19H2,1-2H3,(H,35,38). The highest BCUT2D eigenvalue weighted by Crippen LogP contribution is 2.49. The molecule has 2 unspecified atom stereocenters. The quantitative estimate of drug-likeness (QED) is 0.158. The van der Waals surface area contributed by atoms with Gasteiger partial charge in [-0.1, -0.05) is 36.4 Å². The summed E-state index contributed by atoms with van der Waals surface area (Å²) >= 11 is 0. The third-order valence-electron chi connectivity index (χ3n) is 7.10.